The van der Waals surface area contributed by atoms with E-state index < -0.39 is 0 Å². The number of rotatable bonds is 3. The van der Waals surface area contributed by atoms with Crippen molar-refractivity contribution in [1.82, 2.24) is 5.32 Å². The molecule has 0 saturated carbocycles. The van der Waals surface area contributed by atoms with E-state index in [1.807, 2.05) is 6.07 Å². The van der Waals surface area contributed by atoms with Gasteiger partial charge in [0.25, 0.3) is 0 Å². The van der Waals surface area contributed by atoms with E-state index >= 15 is 0 Å². The second kappa shape index (κ2) is 5.93. The van der Waals surface area contributed by atoms with Crippen LogP contribution in [0.2, 0.25) is 0 Å². The molecule has 1 aromatic carbocycles. The molecule has 0 saturated heterocycles. The van der Waals surface area contributed by atoms with Crippen molar-refractivity contribution in [2.75, 3.05) is 11.9 Å². The van der Waals surface area contributed by atoms with E-state index in [-0.39, 0.29) is 6.03 Å². The van der Waals surface area contributed by atoms with Gasteiger partial charge in [0.05, 0.1) is 18.2 Å². The lowest BCUT2D eigenvalue weighted by Crippen LogP contribution is -2.29. The molecule has 0 atom stereocenters. The molecule has 0 spiro atoms. The molecule has 5 heteroatoms. The fourth-order valence-electron chi connectivity index (χ4n) is 1.02. The van der Waals surface area contributed by atoms with Crippen LogP contribution in [0.5, 0.6) is 0 Å². The van der Waals surface area contributed by atoms with E-state index in [1.54, 1.807) is 24.3 Å². The molecule has 0 aliphatic rings. The van der Waals surface area contributed by atoms with Crippen molar-refractivity contribution < 1.29 is 4.79 Å². The Hall–Kier alpha value is -1.80. The highest BCUT2D eigenvalue weighted by atomic mass is 79.9. The maximum Gasteiger partial charge on any atom is 0.319 e. The SMILES string of the molecule is C=C(Br)CNC(=O)Nc1cccc(C#N)c1. The average Bonchev–Trinajstić information content (AvgIpc) is 2.26. The number of hydrogen-bond donors (Lipinski definition) is 2. The number of halogens is 1. The molecule has 2 amide bonds. The molecule has 1 rings (SSSR count). The molecule has 4 nitrogen and oxygen atoms in total. The third-order valence-electron chi connectivity index (χ3n) is 1.69. The number of carbonyl (C=O) groups excluding carboxylic acids is 1. The third-order valence-corrected chi connectivity index (χ3v) is 1.97. The molecular formula is C11H10BrN3O. The first-order valence-electron chi connectivity index (χ1n) is 4.50. The summed E-state index contributed by atoms with van der Waals surface area (Å²) >= 11 is 3.13. The first kappa shape index (κ1) is 12.3. The van der Waals surface area contributed by atoms with E-state index in [2.05, 4.69) is 33.1 Å². The van der Waals surface area contributed by atoms with Crippen LogP contribution in [0.1, 0.15) is 5.56 Å². The third kappa shape index (κ3) is 4.15. The summed E-state index contributed by atoms with van der Waals surface area (Å²) in [5.41, 5.74) is 1.08. The zero-order valence-electron chi connectivity index (χ0n) is 8.46. The van der Waals surface area contributed by atoms with Gasteiger partial charge in [0.1, 0.15) is 0 Å². The largest absolute Gasteiger partial charge is 0.333 e. The normalized spacial score (nSPS) is 9.00. The Bertz CT molecular complexity index is 451. The predicted molar refractivity (Wildman–Crippen MR) is 66.2 cm³/mol. The molecule has 82 valence electrons. The van der Waals surface area contributed by atoms with Gasteiger partial charge in [-0.15, -0.1) is 0 Å². The fraction of sp³-hybridized carbons (Fsp3) is 0.0909. The standard InChI is InChI=1S/C11H10BrN3O/c1-8(12)7-14-11(16)15-10-4-2-3-9(5-10)6-13/h2-5H,1,7H2,(H2,14,15,16). The minimum Gasteiger partial charge on any atom is -0.333 e. The second-order valence-corrected chi connectivity index (χ2v) is 4.14. The van der Waals surface area contributed by atoms with Gasteiger partial charge >= 0.3 is 6.03 Å². The lowest BCUT2D eigenvalue weighted by molar-refractivity contribution is 0.253. The van der Waals surface area contributed by atoms with Crippen LogP contribution in [-0.4, -0.2) is 12.6 Å². The van der Waals surface area contributed by atoms with Crippen LogP contribution in [0.25, 0.3) is 0 Å². The first-order valence-corrected chi connectivity index (χ1v) is 5.29. The Kier molecular flexibility index (Phi) is 4.55. The maximum atomic E-state index is 11.3. The Morgan fingerprint density at radius 2 is 2.31 bits per heavy atom. The van der Waals surface area contributed by atoms with Gasteiger partial charge < -0.3 is 10.6 Å². The molecule has 16 heavy (non-hydrogen) atoms. The molecule has 0 heterocycles. The van der Waals surface area contributed by atoms with Crippen molar-refractivity contribution in [2.24, 2.45) is 0 Å². The predicted octanol–water partition coefficient (Wildman–Crippen LogP) is 2.59. The van der Waals surface area contributed by atoms with Crippen LogP contribution < -0.4 is 10.6 Å². The van der Waals surface area contributed by atoms with Crippen LogP contribution in [0.4, 0.5) is 10.5 Å². The smallest absolute Gasteiger partial charge is 0.319 e. The van der Waals surface area contributed by atoms with Crippen LogP contribution in [-0.2, 0) is 0 Å². The Balaban J connectivity index is 2.56. The van der Waals surface area contributed by atoms with Gasteiger partial charge in [-0.2, -0.15) is 5.26 Å². The number of carbonyl (C=O) groups is 1. The van der Waals surface area contributed by atoms with Gasteiger partial charge in [-0.05, 0) is 18.2 Å². The summed E-state index contributed by atoms with van der Waals surface area (Å²) in [6.07, 6.45) is 0. The molecule has 0 radical (unpaired) electrons. The van der Waals surface area contributed by atoms with Gasteiger partial charge in [-0.25, -0.2) is 4.79 Å². The minimum absolute atomic E-state index is 0.337. The van der Waals surface area contributed by atoms with Gasteiger partial charge in [0.2, 0.25) is 0 Å². The van der Waals surface area contributed by atoms with Crippen LogP contribution in [0.3, 0.4) is 0 Å². The number of nitrogens with zero attached hydrogens (tertiary/aromatic N) is 1. The Morgan fingerprint density at radius 3 is 2.94 bits per heavy atom. The summed E-state index contributed by atoms with van der Waals surface area (Å²) in [7, 11) is 0. The molecule has 0 unspecified atom stereocenters. The number of hydrogen-bond acceptors (Lipinski definition) is 2. The van der Waals surface area contributed by atoms with Crippen LogP contribution in [0.15, 0.2) is 35.3 Å². The summed E-state index contributed by atoms with van der Waals surface area (Å²) in [6, 6.07) is 8.35. The van der Waals surface area contributed by atoms with Crippen molar-refractivity contribution in [1.29, 1.82) is 5.26 Å². The second-order valence-electron chi connectivity index (χ2n) is 3.02. The lowest BCUT2D eigenvalue weighted by atomic mass is 10.2. The highest BCUT2D eigenvalue weighted by Gasteiger charge is 2.01. The summed E-state index contributed by atoms with van der Waals surface area (Å²) < 4.78 is 0.688. The van der Waals surface area contributed by atoms with Crippen molar-refractivity contribution in [3.63, 3.8) is 0 Å². The van der Waals surface area contributed by atoms with E-state index in [1.165, 1.54) is 0 Å². The van der Waals surface area contributed by atoms with Crippen molar-refractivity contribution >= 4 is 27.6 Å². The molecule has 0 bridgehead atoms. The summed E-state index contributed by atoms with van der Waals surface area (Å²) in [4.78, 5) is 11.3. The van der Waals surface area contributed by atoms with E-state index in [9.17, 15) is 4.79 Å². The monoisotopic (exact) mass is 279 g/mol. The minimum atomic E-state index is -0.337. The number of benzene rings is 1. The van der Waals surface area contributed by atoms with Gasteiger partial charge in [-0.3, -0.25) is 0 Å². The van der Waals surface area contributed by atoms with E-state index in [0.717, 1.165) is 0 Å². The molecule has 0 aliphatic carbocycles. The topological polar surface area (TPSA) is 64.9 Å². The quantitative estimate of drug-likeness (QED) is 0.893. The number of urea groups is 1. The molecule has 1 aromatic rings. The van der Waals surface area contributed by atoms with E-state index in [0.29, 0.717) is 22.3 Å². The molecular weight excluding hydrogens is 270 g/mol. The van der Waals surface area contributed by atoms with E-state index in [4.69, 9.17) is 5.26 Å². The number of nitrogens with one attached hydrogen (secondary N) is 2. The van der Waals surface area contributed by atoms with Gasteiger partial charge in [-0.1, -0.05) is 28.6 Å². The van der Waals surface area contributed by atoms with Gasteiger partial charge in [0, 0.05) is 10.2 Å². The van der Waals surface area contributed by atoms with Crippen LogP contribution in [0, 0.1) is 11.3 Å². The summed E-state index contributed by atoms with van der Waals surface area (Å²) in [6.45, 7) is 3.94. The first-order chi connectivity index (χ1) is 7.61. The molecule has 0 aromatic heterocycles. The number of nitriles is 1. The molecule has 2 N–H and O–H groups in total. The lowest BCUT2D eigenvalue weighted by Gasteiger charge is -2.06. The Morgan fingerprint density at radius 1 is 1.56 bits per heavy atom. The highest BCUT2D eigenvalue weighted by Crippen LogP contribution is 2.09. The van der Waals surface area contributed by atoms with Gasteiger partial charge in [0.15, 0.2) is 0 Å². The Labute approximate surface area is 102 Å². The van der Waals surface area contributed by atoms with Crippen molar-refractivity contribution in [2.45, 2.75) is 0 Å². The number of amides is 2. The van der Waals surface area contributed by atoms with Crippen molar-refractivity contribution in [3.8, 4) is 6.07 Å². The van der Waals surface area contributed by atoms with Crippen molar-refractivity contribution in [3.05, 3.63) is 40.9 Å². The van der Waals surface area contributed by atoms with Crippen LogP contribution >= 0.6 is 15.9 Å². The molecule has 0 fully saturated rings. The zero-order chi connectivity index (χ0) is 12.0. The average molecular weight is 280 g/mol. The highest BCUT2D eigenvalue weighted by molar-refractivity contribution is 9.11. The summed E-state index contributed by atoms with van der Waals surface area (Å²) in [5.74, 6) is 0. The molecule has 0 aliphatic heterocycles. The maximum absolute atomic E-state index is 11.3. The number of anilines is 1. The zero-order valence-corrected chi connectivity index (χ0v) is 10.0. The fourth-order valence-corrected chi connectivity index (χ4v) is 1.16. The summed E-state index contributed by atoms with van der Waals surface area (Å²) in [5, 5.41) is 13.9.